The molecule has 1 fully saturated rings. The number of ether oxygens (including phenoxy) is 1. The zero-order valence-corrected chi connectivity index (χ0v) is 12.0. The number of aliphatic hydroxyl groups is 1. The van der Waals surface area contributed by atoms with Gasteiger partial charge >= 0.3 is 0 Å². The minimum atomic E-state index is -0.793. The van der Waals surface area contributed by atoms with Crippen molar-refractivity contribution >= 4 is 11.6 Å². The molecular formula is C16H23NO3. The molecule has 0 unspecified atom stereocenters. The van der Waals surface area contributed by atoms with Crippen LogP contribution in [0.1, 0.15) is 44.6 Å². The highest BCUT2D eigenvalue weighted by molar-refractivity contribution is 5.91. The molecule has 2 N–H and O–H groups in total. The van der Waals surface area contributed by atoms with Crippen molar-refractivity contribution in [2.24, 2.45) is 0 Å². The molecule has 1 saturated carbocycles. The first kappa shape index (κ1) is 15.0. The molecule has 0 spiro atoms. The third-order valence-electron chi connectivity index (χ3n) is 3.73. The predicted molar refractivity (Wildman–Crippen MR) is 78.4 cm³/mol. The molecule has 4 nitrogen and oxygen atoms in total. The maximum absolute atomic E-state index is 11.9. The average molecular weight is 277 g/mol. The van der Waals surface area contributed by atoms with Crippen molar-refractivity contribution < 1.29 is 14.6 Å². The maximum atomic E-state index is 11.9. The van der Waals surface area contributed by atoms with Gasteiger partial charge in [0.1, 0.15) is 0 Å². The highest BCUT2D eigenvalue weighted by Crippen LogP contribution is 2.32. The molecule has 0 radical (unpaired) electrons. The van der Waals surface area contributed by atoms with Gasteiger partial charge in [-0.1, -0.05) is 25.0 Å². The lowest BCUT2D eigenvalue weighted by Gasteiger charge is -2.21. The van der Waals surface area contributed by atoms with E-state index in [0.717, 1.165) is 36.9 Å². The summed E-state index contributed by atoms with van der Waals surface area (Å²) in [5, 5.41) is 13.0. The minimum Gasteiger partial charge on any atom is -0.389 e. The van der Waals surface area contributed by atoms with Crippen LogP contribution in [0.2, 0.25) is 0 Å². The van der Waals surface area contributed by atoms with Crippen molar-refractivity contribution in [2.45, 2.75) is 51.2 Å². The van der Waals surface area contributed by atoms with E-state index in [2.05, 4.69) is 5.32 Å². The van der Waals surface area contributed by atoms with Gasteiger partial charge in [-0.05, 0) is 37.5 Å². The lowest BCUT2D eigenvalue weighted by molar-refractivity contribution is -0.120. The molecule has 1 amide bonds. The Morgan fingerprint density at radius 2 is 1.95 bits per heavy atom. The summed E-state index contributed by atoms with van der Waals surface area (Å²) in [6.45, 7) is 3.24. The molecule has 1 aromatic carbocycles. The lowest BCUT2D eigenvalue weighted by Crippen LogP contribution is -2.30. The minimum absolute atomic E-state index is 0.119. The van der Waals surface area contributed by atoms with Gasteiger partial charge in [-0.15, -0.1) is 0 Å². The standard InChI is InChI=1S/C16H23NO3/c1-2-20-12-13-5-7-14(8-6-13)17-15(18)11-16(19)9-3-4-10-16/h5-8,19H,2-4,9-12H2,1H3,(H,17,18). The third-order valence-corrected chi connectivity index (χ3v) is 3.73. The van der Waals surface area contributed by atoms with Crippen LogP contribution in [-0.4, -0.2) is 23.2 Å². The number of hydrogen-bond acceptors (Lipinski definition) is 3. The third kappa shape index (κ3) is 4.32. The van der Waals surface area contributed by atoms with Gasteiger partial charge in [0.25, 0.3) is 0 Å². The van der Waals surface area contributed by atoms with E-state index in [0.29, 0.717) is 13.2 Å². The zero-order chi connectivity index (χ0) is 14.4. The second kappa shape index (κ2) is 6.86. The Labute approximate surface area is 120 Å². The molecule has 2 rings (SSSR count). The molecule has 1 aliphatic carbocycles. The van der Waals surface area contributed by atoms with Crippen LogP contribution in [0.5, 0.6) is 0 Å². The fourth-order valence-electron chi connectivity index (χ4n) is 2.62. The van der Waals surface area contributed by atoms with Gasteiger partial charge < -0.3 is 15.2 Å². The Balaban J connectivity index is 1.84. The van der Waals surface area contributed by atoms with Crippen molar-refractivity contribution in [3.05, 3.63) is 29.8 Å². The second-order valence-corrected chi connectivity index (χ2v) is 5.49. The SMILES string of the molecule is CCOCc1ccc(NC(=O)CC2(O)CCCC2)cc1. The lowest BCUT2D eigenvalue weighted by atomic mass is 9.97. The van der Waals surface area contributed by atoms with Gasteiger partial charge in [-0.3, -0.25) is 4.79 Å². The van der Waals surface area contributed by atoms with E-state index in [1.54, 1.807) is 0 Å². The first-order valence-electron chi connectivity index (χ1n) is 7.30. The first-order chi connectivity index (χ1) is 9.61. The largest absolute Gasteiger partial charge is 0.389 e. The molecule has 0 aliphatic heterocycles. The maximum Gasteiger partial charge on any atom is 0.227 e. The molecule has 1 aliphatic rings. The predicted octanol–water partition coefficient (Wildman–Crippen LogP) is 2.86. The molecule has 0 heterocycles. The van der Waals surface area contributed by atoms with Crippen LogP contribution in [0.4, 0.5) is 5.69 Å². The van der Waals surface area contributed by atoms with Gasteiger partial charge in [-0.25, -0.2) is 0 Å². The van der Waals surface area contributed by atoms with Gasteiger partial charge in [0.2, 0.25) is 5.91 Å². The van der Waals surface area contributed by atoms with E-state index in [1.807, 2.05) is 31.2 Å². The van der Waals surface area contributed by atoms with Gasteiger partial charge in [-0.2, -0.15) is 0 Å². The Hall–Kier alpha value is -1.39. The normalized spacial score (nSPS) is 17.1. The molecule has 1 aromatic rings. The molecular weight excluding hydrogens is 254 g/mol. The van der Waals surface area contributed by atoms with E-state index in [4.69, 9.17) is 4.74 Å². The Kier molecular flexibility index (Phi) is 5.15. The monoisotopic (exact) mass is 277 g/mol. The topological polar surface area (TPSA) is 58.6 Å². The molecule has 0 aromatic heterocycles. The summed E-state index contributed by atoms with van der Waals surface area (Å²) in [6, 6.07) is 7.61. The fraction of sp³-hybridized carbons (Fsp3) is 0.562. The highest BCUT2D eigenvalue weighted by Gasteiger charge is 2.33. The van der Waals surface area contributed by atoms with Crippen LogP contribution < -0.4 is 5.32 Å². The number of rotatable bonds is 6. The first-order valence-corrected chi connectivity index (χ1v) is 7.30. The molecule has 20 heavy (non-hydrogen) atoms. The number of amides is 1. The quantitative estimate of drug-likeness (QED) is 0.840. The number of carbonyl (C=O) groups is 1. The smallest absolute Gasteiger partial charge is 0.227 e. The van der Waals surface area contributed by atoms with Crippen LogP contribution in [0.3, 0.4) is 0 Å². The number of hydrogen-bond donors (Lipinski definition) is 2. The summed E-state index contributed by atoms with van der Waals surface area (Å²) in [7, 11) is 0. The highest BCUT2D eigenvalue weighted by atomic mass is 16.5. The van der Waals surface area contributed by atoms with Crippen LogP contribution in [-0.2, 0) is 16.1 Å². The average Bonchev–Trinajstić information content (AvgIpc) is 2.84. The van der Waals surface area contributed by atoms with Crippen molar-refractivity contribution in [3.63, 3.8) is 0 Å². The van der Waals surface area contributed by atoms with Crippen molar-refractivity contribution in [3.8, 4) is 0 Å². The van der Waals surface area contributed by atoms with E-state index in [-0.39, 0.29) is 12.3 Å². The van der Waals surface area contributed by atoms with Gasteiger partial charge in [0.15, 0.2) is 0 Å². The van der Waals surface area contributed by atoms with Crippen LogP contribution in [0.15, 0.2) is 24.3 Å². The fourth-order valence-corrected chi connectivity index (χ4v) is 2.62. The van der Waals surface area contributed by atoms with Crippen LogP contribution >= 0.6 is 0 Å². The molecule has 0 bridgehead atoms. The van der Waals surface area contributed by atoms with E-state index < -0.39 is 5.60 Å². The number of benzene rings is 1. The van der Waals surface area contributed by atoms with E-state index in [9.17, 15) is 9.90 Å². The zero-order valence-electron chi connectivity index (χ0n) is 12.0. The van der Waals surface area contributed by atoms with Crippen molar-refractivity contribution in [2.75, 3.05) is 11.9 Å². The molecule has 4 heteroatoms. The Bertz CT molecular complexity index is 436. The summed E-state index contributed by atoms with van der Waals surface area (Å²) in [6.07, 6.45) is 3.67. The molecule has 0 atom stereocenters. The second-order valence-electron chi connectivity index (χ2n) is 5.49. The van der Waals surface area contributed by atoms with Gasteiger partial charge in [0.05, 0.1) is 18.6 Å². The Morgan fingerprint density at radius 1 is 1.30 bits per heavy atom. The van der Waals surface area contributed by atoms with Gasteiger partial charge in [0, 0.05) is 12.3 Å². The van der Waals surface area contributed by atoms with Crippen LogP contribution in [0.25, 0.3) is 0 Å². The summed E-state index contributed by atoms with van der Waals surface area (Å²) in [5.74, 6) is -0.119. The summed E-state index contributed by atoms with van der Waals surface area (Å²) < 4.78 is 5.32. The van der Waals surface area contributed by atoms with Crippen molar-refractivity contribution in [1.29, 1.82) is 0 Å². The van der Waals surface area contributed by atoms with E-state index >= 15 is 0 Å². The summed E-state index contributed by atoms with van der Waals surface area (Å²) in [4.78, 5) is 11.9. The van der Waals surface area contributed by atoms with Crippen LogP contribution in [0, 0.1) is 0 Å². The number of carbonyl (C=O) groups excluding carboxylic acids is 1. The number of nitrogens with one attached hydrogen (secondary N) is 1. The van der Waals surface area contributed by atoms with Crippen molar-refractivity contribution in [1.82, 2.24) is 0 Å². The Morgan fingerprint density at radius 3 is 2.55 bits per heavy atom. The summed E-state index contributed by atoms with van der Waals surface area (Å²) in [5.41, 5.74) is 1.05. The summed E-state index contributed by atoms with van der Waals surface area (Å²) >= 11 is 0. The molecule has 110 valence electrons. The number of anilines is 1. The molecule has 0 saturated heterocycles. The van der Waals surface area contributed by atoms with E-state index in [1.165, 1.54) is 0 Å².